The molecule has 0 spiro atoms. The molecular formula is C11H11F3N2O3. The summed E-state index contributed by atoms with van der Waals surface area (Å²) in [5.74, 6) is 0. The summed E-state index contributed by atoms with van der Waals surface area (Å²) in [5.41, 5.74) is -1.83. The quantitative estimate of drug-likeness (QED) is 0.615. The maximum atomic E-state index is 12.8. The third-order valence-corrected chi connectivity index (χ3v) is 2.86. The molecule has 19 heavy (non-hydrogen) atoms. The van der Waals surface area contributed by atoms with Gasteiger partial charge in [-0.2, -0.15) is 13.2 Å². The fourth-order valence-electron chi connectivity index (χ4n) is 1.93. The molecule has 1 aliphatic rings. The minimum atomic E-state index is -4.75. The van der Waals surface area contributed by atoms with Crippen molar-refractivity contribution in [1.82, 2.24) is 0 Å². The van der Waals surface area contributed by atoms with Gasteiger partial charge < -0.3 is 9.64 Å². The van der Waals surface area contributed by atoms with Gasteiger partial charge in [-0.3, -0.25) is 10.1 Å². The molecule has 0 unspecified atom stereocenters. The van der Waals surface area contributed by atoms with Gasteiger partial charge in [0.15, 0.2) is 0 Å². The fourth-order valence-corrected chi connectivity index (χ4v) is 1.93. The highest BCUT2D eigenvalue weighted by atomic mass is 19.4. The fraction of sp³-hybridized carbons (Fsp3) is 0.455. The second-order valence-electron chi connectivity index (χ2n) is 4.06. The Morgan fingerprint density at radius 3 is 2.42 bits per heavy atom. The van der Waals surface area contributed by atoms with Gasteiger partial charge in [-0.15, -0.1) is 0 Å². The Balaban J connectivity index is 2.40. The maximum Gasteiger partial charge on any atom is 0.423 e. The van der Waals surface area contributed by atoms with Crippen LogP contribution in [0.15, 0.2) is 18.2 Å². The first-order valence-corrected chi connectivity index (χ1v) is 5.58. The van der Waals surface area contributed by atoms with Crippen LogP contribution < -0.4 is 4.90 Å². The number of ether oxygens (including phenoxy) is 1. The number of rotatable bonds is 2. The van der Waals surface area contributed by atoms with Gasteiger partial charge >= 0.3 is 6.18 Å². The lowest BCUT2D eigenvalue weighted by Gasteiger charge is -2.29. The lowest BCUT2D eigenvalue weighted by Crippen LogP contribution is -2.36. The van der Waals surface area contributed by atoms with Crippen molar-refractivity contribution in [3.63, 3.8) is 0 Å². The Morgan fingerprint density at radius 1 is 1.26 bits per heavy atom. The predicted octanol–water partition coefficient (Wildman–Crippen LogP) is 2.45. The SMILES string of the molecule is O=[N+]([O-])c1ccc(N2CCOCC2)cc1C(F)(F)F. The molecule has 0 N–H and O–H groups in total. The lowest BCUT2D eigenvalue weighted by atomic mass is 10.1. The van der Waals surface area contributed by atoms with E-state index >= 15 is 0 Å². The maximum absolute atomic E-state index is 12.8. The van der Waals surface area contributed by atoms with E-state index in [4.69, 9.17) is 4.74 Å². The van der Waals surface area contributed by atoms with Crippen molar-refractivity contribution in [2.24, 2.45) is 0 Å². The molecule has 5 nitrogen and oxygen atoms in total. The van der Waals surface area contributed by atoms with Crippen LogP contribution in [0.3, 0.4) is 0 Å². The number of nitro groups is 1. The number of hydrogen-bond acceptors (Lipinski definition) is 4. The first-order valence-electron chi connectivity index (χ1n) is 5.58. The highest BCUT2D eigenvalue weighted by Crippen LogP contribution is 2.38. The molecule has 1 saturated heterocycles. The van der Waals surface area contributed by atoms with Gasteiger partial charge in [0, 0.05) is 24.8 Å². The van der Waals surface area contributed by atoms with Crippen LogP contribution in [0.2, 0.25) is 0 Å². The van der Waals surface area contributed by atoms with Gasteiger partial charge in [0.25, 0.3) is 5.69 Å². The first-order chi connectivity index (χ1) is 8.89. The Kier molecular flexibility index (Phi) is 3.61. The van der Waals surface area contributed by atoms with Gasteiger partial charge in [-0.05, 0) is 12.1 Å². The van der Waals surface area contributed by atoms with E-state index in [0.29, 0.717) is 32.0 Å². The summed E-state index contributed by atoms with van der Waals surface area (Å²) in [4.78, 5) is 11.3. The summed E-state index contributed by atoms with van der Waals surface area (Å²) in [7, 11) is 0. The monoisotopic (exact) mass is 276 g/mol. The second kappa shape index (κ2) is 5.04. The summed E-state index contributed by atoms with van der Waals surface area (Å²) in [6, 6.07) is 3.05. The lowest BCUT2D eigenvalue weighted by molar-refractivity contribution is -0.388. The van der Waals surface area contributed by atoms with Crippen molar-refractivity contribution in [3.8, 4) is 0 Å². The van der Waals surface area contributed by atoms with Crippen LogP contribution in [0.25, 0.3) is 0 Å². The Bertz CT molecular complexity index is 485. The number of nitro benzene ring substituents is 1. The molecule has 2 rings (SSSR count). The van der Waals surface area contributed by atoms with Crippen molar-refractivity contribution >= 4 is 11.4 Å². The number of alkyl halides is 3. The molecule has 0 aliphatic carbocycles. The molecule has 104 valence electrons. The largest absolute Gasteiger partial charge is 0.423 e. The zero-order valence-electron chi connectivity index (χ0n) is 9.81. The Morgan fingerprint density at radius 2 is 1.89 bits per heavy atom. The minimum absolute atomic E-state index is 0.321. The molecule has 0 atom stereocenters. The minimum Gasteiger partial charge on any atom is -0.378 e. The average molecular weight is 276 g/mol. The molecular weight excluding hydrogens is 265 g/mol. The van der Waals surface area contributed by atoms with Crippen LogP contribution in [-0.4, -0.2) is 31.2 Å². The van der Waals surface area contributed by atoms with Crippen LogP contribution in [0, 0.1) is 10.1 Å². The topological polar surface area (TPSA) is 55.6 Å². The predicted molar refractivity (Wildman–Crippen MR) is 61.1 cm³/mol. The highest BCUT2D eigenvalue weighted by molar-refractivity contribution is 5.56. The molecule has 0 radical (unpaired) electrons. The zero-order valence-corrected chi connectivity index (χ0v) is 9.81. The number of anilines is 1. The molecule has 1 aliphatic heterocycles. The van der Waals surface area contributed by atoms with Gasteiger partial charge in [-0.25, -0.2) is 0 Å². The molecule has 8 heteroatoms. The second-order valence-corrected chi connectivity index (χ2v) is 4.06. The number of hydrogen-bond donors (Lipinski definition) is 0. The van der Waals surface area contributed by atoms with Crippen molar-refractivity contribution in [2.45, 2.75) is 6.18 Å². The van der Waals surface area contributed by atoms with Crippen molar-refractivity contribution in [2.75, 3.05) is 31.2 Å². The van der Waals surface area contributed by atoms with E-state index in [9.17, 15) is 23.3 Å². The van der Waals surface area contributed by atoms with Crippen molar-refractivity contribution in [3.05, 3.63) is 33.9 Å². The van der Waals surface area contributed by atoms with Crippen LogP contribution in [0.4, 0.5) is 24.5 Å². The molecule has 1 heterocycles. The number of halogens is 3. The summed E-state index contributed by atoms with van der Waals surface area (Å²) in [6.07, 6.45) is -4.75. The molecule has 0 aromatic heterocycles. The van der Waals surface area contributed by atoms with Crippen LogP contribution >= 0.6 is 0 Å². The number of morpholine rings is 1. The van der Waals surface area contributed by atoms with Crippen molar-refractivity contribution < 1.29 is 22.8 Å². The van der Waals surface area contributed by atoms with E-state index in [2.05, 4.69) is 0 Å². The van der Waals surface area contributed by atoms with Crippen LogP contribution in [0.5, 0.6) is 0 Å². The average Bonchev–Trinajstić information content (AvgIpc) is 2.38. The van der Waals surface area contributed by atoms with Crippen LogP contribution in [0.1, 0.15) is 5.56 Å². The number of benzene rings is 1. The standard InChI is InChI=1S/C11H11F3N2O3/c12-11(13,14)9-7-8(1-2-10(9)16(17)18)15-3-5-19-6-4-15/h1-2,7H,3-6H2. The van der Waals surface area contributed by atoms with Gasteiger partial charge in [-0.1, -0.05) is 0 Å². The Hall–Kier alpha value is -1.83. The van der Waals surface area contributed by atoms with Gasteiger partial charge in [0.1, 0.15) is 5.56 Å². The van der Waals surface area contributed by atoms with E-state index in [1.165, 1.54) is 6.07 Å². The highest BCUT2D eigenvalue weighted by Gasteiger charge is 2.38. The Labute approximate surface area is 106 Å². The van der Waals surface area contributed by atoms with E-state index in [1.807, 2.05) is 0 Å². The first kappa shape index (κ1) is 13.6. The molecule has 1 fully saturated rings. The molecule has 1 aromatic rings. The smallest absolute Gasteiger partial charge is 0.378 e. The molecule has 0 bridgehead atoms. The van der Waals surface area contributed by atoms with E-state index in [-0.39, 0.29) is 0 Å². The van der Waals surface area contributed by atoms with E-state index in [0.717, 1.165) is 12.1 Å². The van der Waals surface area contributed by atoms with E-state index < -0.39 is 22.4 Å². The molecule has 0 saturated carbocycles. The van der Waals surface area contributed by atoms with Gasteiger partial charge in [0.05, 0.1) is 18.1 Å². The number of nitrogens with zero attached hydrogens (tertiary/aromatic N) is 2. The van der Waals surface area contributed by atoms with Crippen LogP contribution in [-0.2, 0) is 10.9 Å². The third-order valence-electron chi connectivity index (χ3n) is 2.86. The summed E-state index contributed by atoms with van der Waals surface area (Å²) in [5, 5.41) is 10.6. The third kappa shape index (κ3) is 2.95. The zero-order chi connectivity index (χ0) is 14.0. The summed E-state index contributed by atoms with van der Waals surface area (Å²) >= 11 is 0. The van der Waals surface area contributed by atoms with Crippen molar-refractivity contribution in [1.29, 1.82) is 0 Å². The molecule has 0 amide bonds. The van der Waals surface area contributed by atoms with E-state index in [1.54, 1.807) is 4.90 Å². The summed E-state index contributed by atoms with van der Waals surface area (Å²) < 4.78 is 43.5. The van der Waals surface area contributed by atoms with Gasteiger partial charge in [0.2, 0.25) is 0 Å². The summed E-state index contributed by atoms with van der Waals surface area (Å²) in [6.45, 7) is 1.79. The normalized spacial score (nSPS) is 16.5. The molecule has 1 aromatic carbocycles.